The van der Waals surface area contributed by atoms with Gasteiger partial charge in [0.2, 0.25) is 0 Å². The van der Waals surface area contributed by atoms with Crippen molar-refractivity contribution in [3.63, 3.8) is 0 Å². The quantitative estimate of drug-likeness (QED) is 0.543. The number of fused-ring (bicyclic) bond motifs is 1. The highest BCUT2D eigenvalue weighted by Crippen LogP contribution is 2.19. The van der Waals surface area contributed by atoms with Gasteiger partial charge in [0.1, 0.15) is 12.2 Å². The second kappa shape index (κ2) is 9.29. The van der Waals surface area contributed by atoms with Crippen LogP contribution in [0.3, 0.4) is 0 Å². The maximum atomic E-state index is 5.69. The third-order valence-corrected chi connectivity index (χ3v) is 4.61. The molecule has 0 aliphatic heterocycles. The number of terminal acetylenes is 1. The molecule has 5 heteroatoms. The van der Waals surface area contributed by atoms with E-state index in [1.807, 2.05) is 28.8 Å². The van der Waals surface area contributed by atoms with Gasteiger partial charge in [0.05, 0.1) is 16.6 Å². The first-order valence-electron chi connectivity index (χ1n) is 9.74. The Morgan fingerprint density at radius 2 is 1.85 bits per heavy atom. The number of aromatic nitrogens is 4. The maximum absolute atomic E-state index is 5.69. The lowest BCUT2D eigenvalue weighted by Gasteiger charge is -2.20. The van der Waals surface area contributed by atoms with Crippen LogP contribution >= 0.6 is 0 Å². The Kier molecular flexibility index (Phi) is 6.56. The molecule has 27 heavy (non-hydrogen) atoms. The van der Waals surface area contributed by atoms with Crippen molar-refractivity contribution in [3.8, 4) is 18.2 Å². The Morgan fingerprint density at radius 1 is 1.07 bits per heavy atom. The summed E-state index contributed by atoms with van der Waals surface area (Å²) in [6.45, 7) is 7.83. The van der Waals surface area contributed by atoms with Gasteiger partial charge in [0.15, 0.2) is 5.82 Å². The lowest BCUT2D eigenvalue weighted by atomic mass is 10.2. The van der Waals surface area contributed by atoms with Gasteiger partial charge in [-0.1, -0.05) is 31.9 Å². The molecule has 0 aliphatic carbocycles. The zero-order chi connectivity index (χ0) is 19.1. The summed E-state index contributed by atoms with van der Waals surface area (Å²) in [6, 6.07) is 7.98. The van der Waals surface area contributed by atoms with E-state index in [2.05, 4.69) is 34.6 Å². The number of para-hydroxylation sites is 2. The first-order valence-corrected chi connectivity index (χ1v) is 9.74. The van der Waals surface area contributed by atoms with E-state index in [-0.39, 0.29) is 0 Å². The van der Waals surface area contributed by atoms with E-state index < -0.39 is 0 Å². The molecule has 2 aromatic heterocycles. The van der Waals surface area contributed by atoms with E-state index in [1.165, 1.54) is 12.8 Å². The van der Waals surface area contributed by atoms with E-state index >= 15 is 0 Å². The molecule has 1 aromatic carbocycles. The predicted molar refractivity (Wildman–Crippen MR) is 110 cm³/mol. The molecule has 0 atom stereocenters. The molecule has 0 unspecified atom stereocenters. The van der Waals surface area contributed by atoms with Crippen LogP contribution in [0.1, 0.15) is 44.5 Å². The smallest absolute Gasteiger partial charge is 0.157 e. The lowest BCUT2D eigenvalue weighted by Crippen LogP contribution is -2.27. The third-order valence-electron chi connectivity index (χ3n) is 4.61. The molecular weight excluding hydrogens is 334 g/mol. The van der Waals surface area contributed by atoms with Gasteiger partial charge in [-0.2, -0.15) is 0 Å². The second-order valence-electron chi connectivity index (χ2n) is 6.72. The molecule has 0 radical (unpaired) electrons. The molecule has 0 fully saturated rings. The summed E-state index contributed by atoms with van der Waals surface area (Å²) in [7, 11) is 0. The third kappa shape index (κ3) is 4.53. The monoisotopic (exact) mass is 361 g/mol. The summed E-state index contributed by atoms with van der Waals surface area (Å²) in [5.41, 5.74) is 2.60. The van der Waals surface area contributed by atoms with E-state index in [0.29, 0.717) is 5.56 Å². The minimum absolute atomic E-state index is 0.681. The van der Waals surface area contributed by atoms with Crippen molar-refractivity contribution >= 4 is 11.0 Å². The number of nitrogens with zero attached hydrogens (tertiary/aromatic N) is 5. The Labute approximate surface area is 161 Å². The second-order valence-corrected chi connectivity index (χ2v) is 6.72. The van der Waals surface area contributed by atoms with Gasteiger partial charge in [0.25, 0.3) is 0 Å². The predicted octanol–water partition coefficient (Wildman–Crippen LogP) is 3.85. The largest absolute Gasteiger partial charge is 0.303 e. The van der Waals surface area contributed by atoms with Crippen molar-refractivity contribution in [1.29, 1.82) is 0 Å². The molecule has 0 saturated heterocycles. The number of hydrogen-bond donors (Lipinski definition) is 0. The van der Waals surface area contributed by atoms with Gasteiger partial charge in [-0.25, -0.2) is 15.0 Å². The van der Waals surface area contributed by atoms with Gasteiger partial charge < -0.3 is 4.90 Å². The number of hydrogen-bond acceptors (Lipinski definition) is 4. The number of aryl methyl sites for hydroxylation is 1. The van der Waals surface area contributed by atoms with Crippen LogP contribution in [-0.4, -0.2) is 44.1 Å². The molecule has 0 amide bonds. The van der Waals surface area contributed by atoms with Crippen LogP contribution in [0, 0.1) is 12.3 Å². The average Bonchev–Trinajstić information content (AvgIpc) is 3.12. The van der Waals surface area contributed by atoms with E-state index in [9.17, 15) is 0 Å². The molecular formula is C22H27N5. The molecule has 2 heterocycles. The van der Waals surface area contributed by atoms with Crippen LogP contribution in [0.2, 0.25) is 0 Å². The molecule has 3 aromatic rings. The summed E-state index contributed by atoms with van der Waals surface area (Å²) >= 11 is 0. The topological polar surface area (TPSA) is 46.8 Å². The maximum Gasteiger partial charge on any atom is 0.157 e. The molecule has 140 valence electrons. The van der Waals surface area contributed by atoms with Crippen LogP contribution in [0.15, 0.2) is 36.8 Å². The van der Waals surface area contributed by atoms with Crippen LogP contribution in [0.5, 0.6) is 0 Å². The van der Waals surface area contributed by atoms with Crippen molar-refractivity contribution in [2.24, 2.45) is 0 Å². The van der Waals surface area contributed by atoms with Crippen LogP contribution < -0.4 is 0 Å². The molecule has 0 N–H and O–H groups in total. The zero-order valence-corrected chi connectivity index (χ0v) is 16.2. The molecule has 0 aliphatic rings. The van der Waals surface area contributed by atoms with Gasteiger partial charge in [-0.3, -0.25) is 4.57 Å². The van der Waals surface area contributed by atoms with Crippen molar-refractivity contribution in [2.75, 3.05) is 19.6 Å². The van der Waals surface area contributed by atoms with E-state index in [1.54, 1.807) is 12.5 Å². The number of imidazole rings is 1. The summed E-state index contributed by atoms with van der Waals surface area (Å²) in [4.78, 5) is 16.2. The number of rotatable bonds is 9. The SMILES string of the molecule is C#Cc1cnc(CCCN(CCC)CCC)nc1-n1cnc2ccccc21. The summed E-state index contributed by atoms with van der Waals surface area (Å²) in [6.07, 6.45) is 13.5. The standard InChI is InChI=1S/C22H27N5/c1-4-13-26(14-5-2)15-9-12-21-23-16-18(6-3)22(25-21)27-17-24-19-10-7-8-11-20(19)27/h3,7-8,10-11,16-17H,4-5,9,12-15H2,1-2H3. The van der Waals surface area contributed by atoms with Gasteiger partial charge in [0, 0.05) is 12.6 Å². The highest BCUT2D eigenvalue weighted by Gasteiger charge is 2.12. The normalized spacial score (nSPS) is 11.2. The Hall–Kier alpha value is -2.71. The summed E-state index contributed by atoms with van der Waals surface area (Å²) < 4.78 is 1.95. The minimum atomic E-state index is 0.681. The fourth-order valence-corrected chi connectivity index (χ4v) is 3.37. The fraction of sp³-hybridized carbons (Fsp3) is 0.409. The molecule has 0 bridgehead atoms. The molecule has 0 spiro atoms. The Morgan fingerprint density at radius 3 is 2.59 bits per heavy atom. The number of benzene rings is 1. The van der Waals surface area contributed by atoms with Crippen molar-refractivity contribution in [3.05, 3.63) is 48.2 Å². The van der Waals surface area contributed by atoms with Crippen molar-refractivity contribution in [2.45, 2.75) is 39.5 Å². The first-order chi connectivity index (χ1) is 13.3. The summed E-state index contributed by atoms with van der Waals surface area (Å²) in [5.74, 6) is 4.26. The van der Waals surface area contributed by atoms with Gasteiger partial charge >= 0.3 is 0 Å². The van der Waals surface area contributed by atoms with Crippen LogP contribution in [-0.2, 0) is 6.42 Å². The zero-order valence-electron chi connectivity index (χ0n) is 16.2. The molecule has 5 nitrogen and oxygen atoms in total. The molecule has 0 saturated carbocycles. The van der Waals surface area contributed by atoms with Gasteiger partial charge in [-0.05, 0) is 51.0 Å². The van der Waals surface area contributed by atoms with Crippen molar-refractivity contribution < 1.29 is 0 Å². The summed E-state index contributed by atoms with van der Waals surface area (Å²) in [5, 5.41) is 0. The fourth-order valence-electron chi connectivity index (χ4n) is 3.37. The molecule has 3 rings (SSSR count). The highest BCUT2D eigenvalue weighted by atomic mass is 15.1. The van der Waals surface area contributed by atoms with Crippen LogP contribution in [0.4, 0.5) is 0 Å². The van der Waals surface area contributed by atoms with E-state index in [4.69, 9.17) is 11.4 Å². The minimum Gasteiger partial charge on any atom is -0.303 e. The Balaban J connectivity index is 1.79. The average molecular weight is 361 g/mol. The lowest BCUT2D eigenvalue weighted by molar-refractivity contribution is 0.271. The van der Waals surface area contributed by atoms with Gasteiger partial charge in [-0.15, -0.1) is 6.42 Å². The van der Waals surface area contributed by atoms with Crippen molar-refractivity contribution in [1.82, 2.24) is 24.4 Å². The van der Waals surface area contributed by atoms with E-state index in [0.717, 1.165) is 55.2 Å². The van der Waals surface area contributed by atoms with Crippen LogP contribution in [0.25, 0.3) is 16.9 Å². The Bertz CT molecular complexity index is 916. The highest BCUT2D eigenvalue weighted by molar-refractivity contribution is 5.77. The first kappa shape index (κ1) is 19.1.